The van der Waals surface area contributed by atoms with E-state index in [1.807, 2.05) is 41.9 Å². The van der Waals surface area contributed by atoms with Gasteiger partial charge in [0.25, 0.3) is 0 Å². The van der Waals surface area contributed by atoms with E-state index in [-0.39, 0.29) is 17.2 Å². The summed E-state index contributed by atoms with van der Waals surface area (Å²) in [6.45, 7) is 0. The molecule has 0 spiro atoms. The van der Waals surface area contributed by atoms with E-state index in [2.05, 4.69) is 15.4 Å². The molecule has 2 aromatic heterocycles. The van der Waals surface area contributed by atoms with Crippen molar-refractivity contribution in [1.29, 1.82) is 0 Å². The maximum atomic E-state index is 12.4. The van der Waals surface area contributed by atoms with E-state index in [1.54, 1.807) is 35.1 Å². The van der Waals surface area contributed by atoms with Crippen molar-refractivity contribution in [2.45, 2.75) is 17.7 Å². The molecule has 10 heteroatoms. The van der Waals surface area contributed by atoms with Gasteiger partial charge in [-0.25, -0.2) is 22.4 Å². The Morgan fingerprint density at radius 3 is 2.56 bits per heavy atom. The Morgan fingerprint density at radius 1 is 1.09 bits per heavy atom. The number of sulfonamides is 1. The average molecular weight is 453 g/mol. The minimum atomic E-state index is -3.54. The fourth-order valence-corrected chi connectivity index (χ4v) is 4.29. The lowest BCUT2D eigenvalue weighted by Crippen LogP contribution is -2.22. The van der Waals surface area contributed by atoms with Crippen molar-refractivity contribution < 1.29 is 13.2 Å². The maximum absolute atomic E-state index is 12.4. The number of hydrogen-bond donors (Lipinski definition) is 1. The molecule has 2 heterocycles. The molecule has 0 bridgehead atoms. The summed E-state index contributed by atoms with van der Waals surface area (Å²) < 4.78 is 29.5. The van der Waals surface area contributed by atoms with Gasteiger partial charge in [-0.3, -0.25) is 4.79 Å². The Kier molecular flexibility index (Phi) is 5.81. The molecule has 1 N–H and O–H groups in total. The Morgan fingerprint density at radius 2 is 1.84 bits per heavy atom. The molecule has 0 atom stereocenters. The monoisotopic (exact) mass is 452 g/mol. The van der Waals surface area contributed by atoms with E-state index in [1.165, 1.54) is 18.4 Å². The third kappa shape index (κ3) is 4.27. The second kappa shape index (κ2) is 8.56. The van der Waals surface area contributed by atoms with Crippen LogP contribution in [0.1, 0.15) is 12.2 Å². The highest BCUT2D eigenvalue weighted by Crippen LogP contribution is 2.22. The molecule has 0 radical (unpaired) electrons. The van der Waals surface area contributed by atoms with E-state index in [0.29, 0.717) is 23.6 Å². The summed E-state index contributed by atoms with van der Waals surface area (Å²) in [6.07, 6.45) is 2.42. The van der Waals surface area contributed by atoms with Gasteiger partial charge in [-0.1, -0.05) is 18.2 Å². The minimum absolute atomic E-state index is 0.175. The standard InChI is InChI=1S/C22H24N6O3S/c1-26(2)32(30,31)17-9-10-19-18(15-17)23-21(27(19)3)11-12-22(29)24-20-13-14-28(25-20)16-7-5-4-6-8-16/h4-10,13-15H,11-12H2,1-3H3,(H,24,25,29). The predicted molar refractivity (Wildman–Crippen MR) is 122 cm³/mol. The number of benzene rings is 2. The topological polar surface area (TPSA) is 102 Å². The van der Waals surface area contributed by atoms with Crippen molar-refractivity contribution in [3.05, 3.63) is 66.6 Å². The molecule has 1 amide bonds. The van der Waals surface area contributed by atoms with Gasteiger partial charge in [-0.05, 0) is 30.3 Å². The quantitative estimate of drug-likeness (QED) is 0.464. The van der Waals surface area contributed by atoms with Gasteiger partial charge in [-0.2, -0.15) is 5.10 Å². The van der Waals surface area contributed by atoms with Gasteiger partial charge in [-0.15, -0.1) is 0 Å². The lowest BCUT2D eigenvalue weighted by atomic mass is 10.3. The Bertz CT molecular complexity index is 1370. The molecule has 9 nitrogen and oxygen atoms in total. The lowest BCUT2D eigenvalue weighted by molar-refractivity contribution is -0.116. The average Bonchev–Trinajstić information content (AvgIpc) is 3.37. The molecule has 32 heavy (non-hydrogen) atoms. The summed E-state index contributed by atoms with van der Waals surface area (Å²) in [7, 11) is 1.29. The van der Waals surface area contributed by atoms with Crippen LogP contribution >= 0.6 is 0 Å². The number of carbonyl (C=O) groups excluding carboxylic acids is 1. The molecule has 0 saturated carbocycles. The van der Waals surface area contributed by atoms with Gasteiger partial charge in [0.05, 0.1) is 21.6 Å². The number of nitrogens with one attached hydrogen (secondary N) is 1. The molecule has 2 aromatic carbocycles. The second-order valence-corrected chi connectivity index (χ2v) is 9.71. The zero-order valence-electron chi connectivity index (χ0n) is 18.1. The van der Waals surface area contributed by atoms with Crippen molar-refractivity contribution in [3.63, 3.8) is 0 Å². The SMILES string of the molecule is CN(C)S(=O)(=O)c1ccc2c(c1)nc(CCC(=O)Nc1ccn(-c3ccccc3)n1)n2C. The van der Waals surface area contributed by atoms with Crippen LogP contribution in [0.4, 0.5) is 5.82 Å². The first-order valence-electron chi connectivity index (χ1n) is 10.0. The number of aromatic nitrogens is 4. The zero-order chi connectivity index (χ0) is 22.9. The first-order valence-corrected chi connectivity index (χ1v) is 11.5. The number of imidazole rings is 1. The van der Waals surface area contributed by atoms with Gasteiger partial charge in [0, 0.05) is 46.2 Å². The highest BCUT2D eigenvalue weighted by atomic mass is 32.2. The second-order valence-electron chi connectivity index (χ2n) is 7.55. The molecule has 0 saturated heterocycles. The number of hydrogen-bond acceptors (Lipinski definition) is 5. The number of rotatable bonds is 7. The number of carbonyl (C=O) groups is 1. The van der Waals surface area contributed by atoms with Crippen LogP contribution in [0.5, 0.6) is 0 Å². The summed E-state index contributed by atoms with van der Waals surface area (Å²) in [5, 5.41) is 7.18. The third-order valence-electron chi connectivity index (χ3n) is 5.18. The van der Waals surface area contributed by atoms with Crippen LogP contribution in [0.2, 0.25) is 0 Å². The predicted octanol–water partition coefficient (Wildman–Crippen LogP) is 2.58. The first kappa shape index (κ1) is 21.7. The fraction of sp³-hybridized carbons (Fsp3) is 0.227. The molecular formula is C22H24N6O3S. The van der Waals surface area contributed by atoms with Crippen LogP contribution in [0, 0.1) is 0 Å². The highest BCUT2D eigenvalue weighted by Gasteiger charge is 2.19. The summed E-state index contributed by atoms with van der Waals surface area (Å²) in [6, 6.07) is 16.2. The number of para-hydroxylation sites is 1. The Hall–Kier alpha value is -3.50. The van der Waals surface area contributed by atoms with Gasteiger partial charge in [0.15, 0.2) is 5.82 Å². The van der Waals surface area contributed by atoms with Gasteiger partial charge in [0.1, 0.15) is 5.82 Å². The number of nitrogens with zero attached hydrogens (tertiary/aromatic N) is 5. The molecule has 4 rings (SSSR count). The summed E-state index contributed by atoms with van der Waals surface area (Å²) in [5.74, 6) is 0.998. The summed E-state index contributed by atoms with van der Waals surface area (Å²) >= 11 is 0. The van der Waals surface area contributed by atoms with Gasteiger partial charge >= 0.3 is 0 Å². The molecule has 0 unspecified atom stereocenters. The molecule has 4 aromatic rings. The van der Waals surface area contributed by atoms with E-state index in [9.17, 15) is 13.2 Å². The first-order chi connectivity index (χ1) is 15.3. The highest BCUT2D eigenvalue weighted by molar-refractivity contribution is 7.89. The van der Waals surface area contributed by atoms with E-state index < -0.39 is 10.0 Å². The van der Waals surface area contributed by atoms with Crippen LogP contribution in [-0.4, -0.2) is 52.1 Å². The van der Waals surface area contributed by atoms with Crippen molar-refractivity contribution >= 4 is 32.8 Å². The largest absolute Gasteiger partial charge is 0.331 e. The van der Waals surface area contributed by atoms with Crippen LogP contribution in [0.15, 0.2) is 65.7 Å². The van der Waals surface area contributed by atoms with Crippen molar-refractivity contribution in [1.82, 2.24) is 23.6 Å². The molecule has 0 fully saturated rings. The van der Waals surface area contributed by atoms with Crippen LogP contribution in [0.25, 0.3) is 16.7 Å². The summed E-state index contributed by atoms with van der Waals surface area (Å²) in [5.41, 5.74) is 2.29. The minimum Gasteiger partial charge on any atom is -0.331 e. The zero-order valence-corrected chi connectivity index (χ0v) is 18.9. The van der Waals surface area contributed by atoms with E-state index in [4.69, 9.17) is 0 Å². The Labute approximate surface area is 186 Å². The Balaban J connectivity index is 1.44. The van der Waals surface area contributed by atoms with E-state index >= 15 is 0 Å². The van der Waals surface area contributed by atoms with Gasteiger partial charge in [0.2, 0.25) is 15.9 Å². The molecule has 0 aliphatic carbocycles. The molecule has 0 aliphatic rings. The van der Waals surface area contributed by atoms with Crippen LogP contribution < -0.4 is 5.32 Å². The molecule has 0 aliphatic heterocycles. The smallest absolute Gasteiger partial charge is 0.242 e. The van der Waals surface area contributed by atoms with Crippen molar-refractivity contribution in [3.8, 4) is 5.69 Å². The number of amides is 1. The lowest BCUT2D eigenvalue weighted by Gasteiger charge is -2.10. The van der Waals surface area contributed by atoms with Crippen molar-refractivity contribution in [2.24, 2.45) is 7.05 Å². The number of anilines is 1. The van der Waals surface area contributed by atoms with E-state index in [0.717, 1.165) is 11.2 Å². The van der Waals surface area contributed by atoms with Crippen LogP contribution in [0.3, 0.4) is 0 Å². The van der Waals surface area contributed by atoms with Crippen LogP contribution in [-0.2, 0) is 28.3 Å². The van der Waals surface area contributed by atoms with Crippen molar-refractivity contribution in [2.75, 3.05) is 19.4 Å². The third-order valence-corrected chi connectivity index (χ3v) is 6.99. The number of aryl methyl sites for hydroxylation is 2. The fourth-order valence-electron chi connectivity index (χ4n) is 3.37. The van der Waals surface area contributed by atoms with Gasteiger partial charge < -0.3 is 9.88 Å². The normalized spacial score (nSPS) is 11.9. The number of fused-ring (bicyclic) bond motifs is 1. The molecular weight excluding hydrogens is 428 g/mol. The maximum Gasteiger partial charge on any atom is 0.242 e. The summed E-state index contributed by atoms with van der Waals surface area (Å²) in [4.78, 5) is 17.2. The molecule has 166 valence electrons.